The monoisotopic (exact) mass is 261 g/mol. The molecular formula is C13H15N3O3. The molecule has 0 radical (unpaired) electrons. The summed E-state index contributed by atoms with van der Waals surface area (Å²) in [4.78, 5) is 22.9. The topological polar surface area (TPSA) is 90.3 Å². The van der Waals surface area contributed by atoms with E-state index in [1.54, 1.807) is 37.5 Å². The van der Waals surface area contributed by atoms with Crippen LogP contribution in [-0.2, 0) is 11.8 Å². The van der Waals surface area contributed by atoms with Crippen molar-refractivity contribution in [3.05, 3.63) is 52.2 Å². The molecule has 2 rings (SSSR count). The molecule has 0 amide bonds. The Bertz CT molecular complexity index is 685. The van der Waals surface area contributed by atoms with Crippen molar-refractivity contribution >= 4 is 5.97 Å². The van der Waals surface area contributed by atoms with Gasteiger partial charge in [-0.15, -0.1) is 0 Å². The summed E-state index contributed by atoms with van der Waals surface area (Å²) in [5.74, 6) is -1.10. The second-order valence-electron chi connectivity index (χ2n) is 4.41. The molecular weight excluding hydrogens is 246 g/mol. The maximum atomic E-state index is 12.0. The van der Waals surface area contributed by atoms with Gasteiger partial charge in [0, 0.05) is 18.9 Å². The lowest BCUT2D eigenvalue weighted by Gasteiger charge is -2.10. The number of aromatic nitrogens is 2. The number of carboxylic acid groups (broad SMARTS) is 1. The van der Waals surface area contributed by atoms with Gasteiger partial charge in [0.05, 0.1) is 5.69 Å². The highest BCUT2D eigenvalue weighted by Gasteiger charge is 2.15. The van der Waals surface area contributed by atoms with E-state index in [2.05, 4.69) is 0 Å². The third-order valence-corrected chi connectivity index (χ3v) is 2.98. The molecule has 100 valence electrons. The number of aryl methyl sites for hydroxylation is 2. The molecule has 6 heteroatoms. The second-order valence-corrected chi connectivity index (χ2v) is 4.41. The maximum Gasteiger partial charge on any atom is 0.332 e. The minimum absolute atomic E-state index is 0.182. The lowest BCUT2D eigenvalue weighted by molar-refractivity contribution is -0.138. The Labute approximate surface area is 109 Å². The number of carboxylic acids is 1. The highest BCUT2D eigenvalue weighted by molar-refractivity contribution is 5.75. The van der Waals surface area contributed by atoms with Gasteiger partial charge in [-0.25, -0.2) is 4.79 Å². The zero-order valence-electron chi connectivity index (χ0n) is 10.7. The van der Waals surface area contributed by atoms with Crippen LogP contribution in [0.15, 0.2) is 35.3 Å². The summed E-state index contributed by atoms with van der Waals surface area (Å²) in [5, 5.41) is 8.91. The van der Waals surface area contributed by atoms with E-state index in [1.165, 1.54) is 9.13 Å². The fraction of sp³-hybridized carbons (Fsp3) is 0.231. The molecule has 1 unspecified atom stereocenters. The molecule has 19 heavy (non-hydrogen) atoms. The lowest BCUT2D eigenvalue weighted by Crippen LogP contribution is -2.23. The van der Waals surface area contributed by atoms with Crippen molar-refractivity contribution in [1.29, 1.82) is 0 Å². The molecule has 0 bridgehead atoms. The van der Waals surface area contributed by atoms with E-state index >= 15 is 0 Å². The van der Waals surface area contributed by atoms with E-state index in [-0.39, 0.29) is 5.69 Å². The number of hydrogen-bond acceptors (Lipinski definition) is 3. The Hall–Kier alpha value is -2.34. The van der Waals surface area contributed by atoms with Gasteiger partial charge < -0.3 is 15.4 Å². The van der Waals surface area contributed by atoms with Gasteiger partial charge in [0.1, 0.15) is 6.04 Å². The molecule has 0 saturated carbocycles. The van der Waals surface area contributed by atoms with Crippen molar-refractivity contribution in [3.63, 3.8) is 0 Å². The Morgan fingerprint density at radius 3 is 2.63 bits per heavy atom. The summed E-state index contributed by atoms with van der Waals surface area (Å²) < 4.78 is 2.98. The standard InChI is InChI=1S/C13H15N3O3/c1-8-7-15(2)13(19)16(8)10-5-3-4-9(6-10)11(14)12(17)18/h3-7,11H,14H2,1-2H3,(H,17,18). The van der Waals surface area contributed by atoms with Crippen molar-refractivity contribution < 1.29 is 9.90 Å². The Morgan fingerprint density at radius 1 is 1.42 bits per heavy atom. The molecule has 0 aliphatic carbocycles. The van der Waals surface area contributed by atoms with Crippen LogP contribution < -0.4 is 11.4 Å². The van der Waals surface area contributed by atoms with Gasteiger partial charge in [-0.05, 0) is 24.6 Å². The highest BCUT2D eigenvalue weighted by Crippen LogP contribution is 2.16. The molecule has 3 N–H and O–H groups in total. The summed E-state index contributed by atoms with van der Waals surface area (Å²) >= 11 is 0. The van der Waals surface area contributed by atoms with Gasteiger partial charge in [0.2, 0.25) is 0 Å². The summed E-state index contributed by atoms with van der Waals surface area (Å²) in [7, 11) is 1.67. The van der Waals surface area contributed by atoms with Gasteiger partial charge in [-0.3, -0.25) is 9.36 Å². The van der Waals surface area contributed by atoms with Crippen LogP contribution in [0.4, 0.5) is 0 Å². The first-order valence-electron chi connectivity index (χ1n) is 5.75. The van der Waals surface area contributed by atoms with E-state index in [9.17, 15) is 9.59 Å². The number of benzene rings is 1. The lowest BCUT2D eigenvalue weighted by atomic mass is 10.1. The predicted octanol–water partition coefficient (Wildman–Crippen LogP) is 0.569. The van der Waals surface area contributed by atoms with E-state index < -0.39 is 12.0 Å². The summed E-state index contributed by atoms with van der Waals surface area (Å²) in [5.41, 5.74) is 7.23. The van der Waals surface area contributed by atoms with Crippen LogP contribution in [0.5, 0.6) is 0 Å². The molecule has 0 saturated heterocycles. The number of hydrogen-bond donors (Lipinski definition) is 2. The Balaban J connectivity index is 2.55. The number of nitrogens with zero attached hydrogens (tertiary/aromatic N) is 2. The van der Waals surface area contributed by atoms with Crippen LogP contribution in [0.3, 0.4) is 0 Å². The van der Waals surface area contributed by atoms with Crippen molar-refractivity contribution in [3.8, 4) is 5.69 Å². The van der Waals surface area contributed by atoms with Crippen LogP contribution in [0.1, 0.15) is 17.3 Å². The van der Waals surface area contributed by atoms with Crippen LogP contribution >= 0.6 is 0 Å². The van der Waals surface area contributed by atoms with Gasteiger partial charge in [0.25, 0.3) is 0 Å². The molecule has 0 aliphatic heterocycles. The average Bonchev–Trinajstić information content (AvgIpc) is 2.62. The molecule has 1 heterocycles. The quantitative estimate of drug-likeness (QED) is 0.845. The fourth-order valence-electron chi connectivity index (χ4n) is 2.02. The second kappa shape index (κ2) is 4.74. The van der Waals surface area contributed by atoms with Crippen molar-refractivity contribution in [2.24, 2.45) is 12.8 Å². The van der Waals surface area contributed by atoms with Gasteiger partial charge in [0.15, 0.2) is 0 Å². The Kier molecular flexibility index (Phi) is 3.26. The molecule has 1 atom stereocenters. The molecule has 1 aromatic heterocycles. The number of rotatable bonds is 3. The van der Waals surface area contributed by atoms with E-state index in [0.717, 1.165) is 5.69 Å². The maximum absolute atomic E-state index is 12.0. The predicted molar refractivity (Wildman–Crippen MR) is 70.3 cm³/mol. The van der Waals surface area contributed by atoms with Crippen LogP contribution in [-0.4, -0.2) is 20.2 Å². The minimum Gasteiger partial charge on any atom is -0.480 e. The zero-order valence-corrected chi connectivity index (χ0v) is 10.7. The Morgan fingerprint density at radius 2 is 2.11 bits per heavy atom. The first kappa shape index (κ1) is 13.1. The summed E-state index contributed by atoms with van der Waals surface area (Å²) in [6, 6.07) is 5.58. The van der Waals surface area contributed by atoms with Crippen molar-refractivity contribution in [2.75, 3.05) is 0 Å². The molecule has 1 aromatic carbocycles. The van der Waals surface area contributed by atoms with Crippen molar-refractivity contribution in [1.82, 2.24) is 9.13 Å². The molecule has 2 aromatic rings. The van der Waals surface area contributed by atoms with E-state index in [0.29, 0.717) is 11.3 Å². The largest absolute Gasteiger partial charge is 0.480 e. The van der Waals surface area contributed by atoms with E-state index in [1.807, 2.05) is 6.92 Å². The first-order valence-corrected chi connectivity index (χ1v) is 5.75. The van der Waals surface area contributed by atoms with Crippen LogP contribution in [0.25, 0.3) is 5.69 Å². The molecule has 0 fully saturated rings. The van der Waals surface area contributed by atoms with Crippen molar-refractivity contribution in [2.45, 2.75) is 13.0 Å². The van der Waals surface area contributed by atoms with Gasteiger partial charge in [-0.2, -0.15) is 0 Å². The fourth-order valence-corrected chi connectivity index (χ4v) is 2.02. The zero-order chi connectivity index (χ0) is 14.2. The third kappa shape index (κ3) is 2.30. The van der Waals surface area contributed by atoms with Crippen LogP contribution in [0.2, 0.25) is 0 Å². The molecule has 0 spiro atoms. The SMILES string of the molecule is Cc1cn(C)c(=O)n1-c1cccc(C(N)C(=O)O)c1. The molecule has 6 nitrogen and oxygen atoms in total. The number of carbonyl (C=O) groups is 1. The van der Waals surface area contributed by atoms with Gasteiger partial charge >= 0.3 is 11.7 Å². The van der Waals surface area contributed by atoms with Crippen LogP contribution in [0, 0.1) is 6.92 Å². The summed E-state index contributed by atoms with van der Waals surface area (Å²) in [6.07, 6.45) is 1.71. The smallest absolute Gasteiger partial charge is 0.332 e. The minimum atomic E-state index is -1.10. The molecule has 0 aliphatic rings. The third-order valence-electron chi connectivity index (χ3n) is 2.98. The average molecular weight is 261 g/mol. The number of aliphatic carboxylic acids is 1. The van der Waals surface area contributed by atoms with E-state index in [4.69, 9.17) is 10.8 Å². The van der Waals surface area contributed by atoms with Gasteiger partial charge in [-0.1, -0.05) is 12.1 Å². The highest BCUT2D eigenvalue weighted by atomic mass is 16.4. The number of imidazole rings is 1. The first-order chi connectivity index (χ1) is 8.91. The number of nitrogens with two attached hydrogens (primary N) is 1. The normalized spacial score (nSPS) is 12.4. The summed E-state index contributed by atoms with van der Waals surface area (Å²) in [6.45, 7) is 1.81.